The Morgan fingerprint density at radius 2 is 2.00 bits per heavy atom. The Balaban J connectivity index is 2.67. The van der Waals surface area contributed by atoms with Crippen LogP contribution in [0.25, 0.3) is 0 Å². The molecule has 1 atom stereocenters. The van der Waals surface area contributed by atoms with Crippen LogP contribution in [0.2, 0.25) is 0 Å². The highest BCUT2D eigenvalue weighted by atomic mass is 16.3. The van der Waals surface area contributed by atoms with Crippen molar-refractivity contribution in [3.63, 3.8) is 0 Å². The summed E-state index contributed by atoms with van der Waals surface area (Å²) in [6.07, 6.45) is 1.98. The van der Waals surface area contributed by atoms with Crippen LogP contribution in [-0.2, 0) is 5.54 Å². The van der Waals surface area contributed by atoms with Gasteiger partial charge in [0.25, 0.3) is 0 Å². The normalized spacial score (nSPS) is 17.6. The number of rotatable bonds is 4. The molecule has 0 aliphatic heterocycles. The summed E-state index contributed by atoms with van der Waals surface area (Å²) in [5.74, 6) is 2.54. The van der Waals surface area contributed by atoms with Gasteiger partial charge in [-0.15, -0.1) is 6.40 Å². The zero-order valence-electron chi connectivity index (χ0n) is 15.5. The number of anilines is 1. The van der Waals surface area contributed by atoms with Gasteiger partial charge in [-0.2, -0.15) is 0 Å². The van der Waals surface area contributed by atoms with Crippen LogP contribution in [0, 0.1) is 12.3 Å². The zero-order chi connectivity index (χ0) is 17.9. The molecule has 2 aromatic rings. The van der Waals surface area contributed by atoms with Gasteiger partial charge in [0.2, 0.25) is 0 Å². The zero-order valence-corrected chi connectivity index (χ0v) is 9.54. The van der Waals surface area contributed by atoms with Crippen LogP contribution in [-0.4, -0.2) is 11.7 Å². The Morgan fingerprint density at radius 1 is 1.28 bits per heavy atom. The number of aliphatic hydroxyl groups is 1. The summed E-state index contributed by atoms with van der Waals surface area (Å²) < 4.78 is 46.2. The molecule has 0 bridgehead atoms. The van der Waals surface area contributed by atoms with Crippen LogP contribution < -0.4 is 5.32 Å². The van der Waals surface area contributed by atoms with Crippen molar-refractivity contribution in [2.75, 3.05) is 11.9 Å². The van der Waals surface area contributed by atoms with Crippen molar-refractivity contribution in [1.29, 1.82) is 0 Å². The molecule has 0 saturated carbocycles. The van der Waals surface area contributed by atoms with E-state index < -0.39 is 42.4 Å². The Morgan fingerprint density at radius 3 is 2.61 bits per heavy atom. The van der Waals surface area contributed by atoms with Crippen molar-refractivity contribution in [2.45, 2.75) is 5.54 Å². The number of nitrogens with one attached hydrogen (secondary N) is 1. The number of terminal acetylenes is 1. The average molecular weight is 243 g/mol. The monoisotopic (exact) mass is 243 g/mol. The molecule has 0 aliphatic carbocycles. The Hall–Kier alpha value is -2.24. The van der Waals surface area contributed by atoms with Crippen molar-refractivity contribution in [3.05, 3.63) is 66.1 Å². The molecule has 2 nitrogen and oxygen atoms in total. The maximum atomic E-state index is 9.90. The molecule has 2 N–H and O–H groups in total. The van der Waals surface area contributed by atoms with Crippen molar-refractivity contribution < 1.29 is 13.3 Å². The van der Waals surface area contributed by atoms with Crippen LogP contribution in [0.15, 0.2) is 60.5 Å². The molecule has 0 heterocycles. The first-order valence-electron chi connectivity index (χ1n) is 8.33. The quantitative estimate of drug-likeness (QED) is 0.809. The van der Waals surface area contributed by atoms with Crippen LogP contribution in [0.4, 0.5) is 5.69 Å². The highest BCUT2D eigenvalue weighted by molar-refractivity contribution is 5.51. The van der Waals surface area contributed by atoms with Crippen LogP contribution in [0.5, 0.6) is 0 Å². The van der Waals surface area contributed by atoms with E-state index in [0.29, 0.717) is 5.56 Å². The van der Waals surface area contributed by atoms with Crippen molar-refractivity contribution in [3.8, 4) is 12.3 Å². The van der Waals surface area contributed by atoms with Crippen molar-refractivity contribution >= 4 is 5.69 Å². The fourth-order valence-electron chi connectivity index (χ4n) is 1.59. The molecule has 0 aliphatic rings. The largest absolute Gasteiger partial charge is 0.393 e. The minimum absolute atomic E-state index is 0.179. The van der Waals surface area contributed by atoms with E-state index in [4.69, 9.17) is 8.22 Å². The van der Waals surface area contributed by atoms with E-state index in [0.717, 1.165) is 0 Å². The standard InChI is InChI=1S/C16H15NO/c1-2-16(13-18,14-9-5-3-6-10-14)17-15-11-7-4-8-12-15/h1,3-12,17-18H,13H2/t16-/m0/s1/i1D,4D,7D,8D,11D,12D. The molecule has 0 radical (unpaired) electrons. The molecule has 18 heavy (non-hydrogen) atoms. The fourth-order valence-corrected chi connectivity index (χ4v) is 1.59. The van der Waals surface area contributed by atoms with Gasteiger partial charge in [0.15, 0.2) is 0 Å². The second-order valence-electron chi connectivity index (χ2n) is 3.68. The SMILES string of the molecule is [2H]C#C[C@@](CO)(Nc1c([2H])c([2H])c([2H])c([2H])c1[2H])c1ccccc1. The molecule has 0 amide bonds. The number of benzene rings is 2. The topological polar surface area (TPSA) is 32.3 Å². The summed E-state index contributed by atoms with van der Waals surface area (Å²) >= 11 is 0. The number of hydrogen-bond donors (Lipinski definition) is 2. The summed E-state index contributed by atoms with van der Waals surface area (Å²) in [6, 6.07) is 6.20. The minimum atomic E-state index is -1.46. The van der Waals surface area contributed by atoms with E-state index in [1.807, 2.05) is 6.40 Å². The van der Waals surface area contributed by atoms with E-state index in [2.05, 4.69) is 11.2 Å². The highest BCUT2D eigenvalue weighted by Crippen LogP contribution is 2.25. The number of hydrogen-bond acceptors (Lipinski definition) is 2. The smallest absolute Gasteiger partial charge is 0.148 e. The van der Waals surface area contributed by atoms with Gasteiger partial charge in [0, 0.05) is 5.69 Å². The molecule has 0 aromatic heterocycles. The molecular weight excluding hydrogens is 222 g/mol. The van der Waals surface area contributed by atoms with Crippen LogP contribution in [0.1, 0.15) is 13.8 Å². The lowest BCUT2D eigenvalue weighted by Gasteiger charge is -2.29. The van der Waals surface area contributed by atoms with Gasteiger partial charge in [-0.3, -0.25) is 0 Å². The lowest BCUT2D eigenvalue weighted by Crippen LogP contribution is -2.37. The predicted molar refractivity (Wildman–Crippen MR) is 74.1 cm³/mol. The second kappa shape index (κ2) is 5.39. The third kappa shape index (κ3) is 2.37. The predicted octanol–water partition coefficient (Wildman–Crippen LogP) is 2.62. The van der Waals surface area contributed by atoms with Gasteiger partial charge in [-0.25, -0.2) is 0 Å². The van der Waals surface area contributed by atoms with Gasteiger partial charge in [0.1, 0.15) is 6.91 Å². The highest BCUT2D eigenvalue weighted by Gasteiger charge is 2.28. The Kier molecular flexibility index (Phi) is 1.99. The van der Waals surface area contributed by atoms with Gasteiger partial charge in [0.05, 0.1) is 13.5 Å². The lowest BCUT2D eigenvalue weighted by molar-refractivity contribution is 0.246. The number of para-hydroxylation sites is 1. The molecule has 90 valence electrons. The van der Waals surface area contributed by atoms with Gasteiger partial charge in [-0.1, -0.05) is 54.4 Å². The average Bonchev–Trinajstić information content (AvgIpc) is 2.62. The minimum Gasteiger partial charge on any atom is -0.393 e. The van der Waals surface area contributed by atoms with E-state index in [9.17, 15) is 5.11 Å². The maximum absolute atomic E-state index is 9.90. The molecule has 0 saturated heterocycles. The number of aliphatic hydroxyl groups excluding tert-OH is 1. The van der Waals surface area contributed by atoms with E-state index in [1.54, 1.807) is 30.3 Å². The van der Waals surface area contributed by atoms with E-state index in [-0.39, 0.29) is 5.69 Å². The Labute approximate surface area is 116 Å². The van der Waals surface area contributed by atoms with Gasteiger partial charge in [-0.05, 0) is 17.6 Å². The summed E-state index contributed by atoms with van der Waals surface area (Å²) in [5.41, 5.74) is -1.13. The summed E-state index contributed by atoms with van der Waals surface area (Å²) in [4.78, 5) is 0. The van der Waals surface area contributed by atoms with Gasteiger partial charge < -0.3 is 10.4 Å². The van der Waals surface area contributed by atoms with E-state index >= 15 is 0 Å². The molecule has 2 rings (SSSR count). The van der Waals surface area contributed by atoms with Crippen molar-refractivity contribution in [1.82, 2.24) is 0 Å². The molecule has 2 aromatic carbocycles. The maximum Gasteiger partial charge on any atom is 0.148 e. The van der Waals surface area contributed by atoms with E-state index in [1.165, 1.54) is 0 Å². The van der Waals surface area contributed by atoms with Crippen molar-refractivity contribution in [2.24, 2.45) is 0 Å². The van der Waals surface area contributed by atoms with Gasteiger partial charge >= 0.3 is 0 Å². The first-order valence-corrected chi connectivity index (χ1v) is 5.33. The summed E-state index contributed by atoms with van der Waals surface area (Å²) in [6.45, 7) is -0.551. The first kappa shape index (κ1) is 6.63. The van der Waals surface area contributed by atoms with Crippen LogP contribution >= 0.6 is 0 Å². The summed E-state index contributed by atoms with van der Waals surface area (Å²) in [7, 11) is 0. The summed E-state index contributed by atoms with van der Waals surface area (Å²) in [5, 5.41) is 12.7. The van der Waals surface area contributed by atoms with Crippen LogP contribution in [0.3, 0.4) is 0 Å². The lowest BCUT2D eigenvalue weighted by atomic mass is 9.91. The molecule has 0 spiro atoms. The molecular formula is C16H15NO. The molecule has 2 heteroatoms. The third-order valence-corrected chi connectivity index (χ3v) is 2.56. The second-order valence-corrected chi connectivity index (χ2v) is 3.68. The molecule has 0 fully saturated rings. The first-order chi connectivity index (χ1) is 11.4. The fraction of sp³-hybridized carbons (Fsp3) is 0.125. The molecule has 0 unspecified atom stereocenters. The third-order valence-electron chi connectivity index (χ3n) is 2.56. The Bertz CT molecular complexity index is 786.